The van der Waals surface area contributed by atoms with Gasteiger partial charge in [0.1, 0.15) is 5.54 Å². The standard InChI is InChI=1S/C17H36N2O2/c1-8-11-12-19(14(4)9-2)15(5)13-17(6,18-7)16(20)21-10-3/h14-15,18H,8-13H2,1-7H3. The Labute approximate surface area is 131 Å². The first-order valence-corrected chi connectivity index (χ1v) is 8.48. The van der Waals surface area contributed by atoms with E-state index in [0.717, 1.165) is 19.4 Å². The average Bonchev–Trinajstić information content (AvgIpc) is 2.47. The van der Waals surface area contributed by atoms with E-state index in [2.05, 4.69) is 37.9 Å². The molecule has 0 aliphatic carbocycles. The molecular formula is C17H36N2O2. The van der Waals surface area contributed by atoms with E-state index < -0.39 is 5.54 Å². The molecule has 0 spiro atoms. The van der Waals surface area contributed by atoms with Gasteiger partial charge in [0.15, 0.2) is 0 Å². The van der Waals surface area contributed by atoms with Gasteiger partial charge in [0.25, 0.3) is 0 Å². The summed E-state index contributed by atoms with van der Waals surface area (Å²) < 4.78 is 5.23. The number of rotatable bonds is 11. The highest BCUT2D eigenvalue weighted by atomic mass is 16.5. The summed E-state index contributed by atoms with van der Waals surface area (Å²) in [6.07, 6.45) is 4.28. The van der Waals surface area contributed by atoms with E-state index in [9.17, 15) is 4.79 Å². The number of likely N-dealkylation sites (N-methyl/N-ethyl adjacent to an activating group) is 1. The maximum atomic E-state index is 12.2. The van der Waals surface area contributed by atoms with Gasteiger partial charge in [0, 0.05) is 12.1 Å². The normalized spacial score (nSPS) is 17.3. The molecule has 0 aromatic rings. The fraction of sp³-hybridized carbons (Fsp3) is 0.941. The second-order valence-corrected chi connectivity index (χ2v) is 6.20. The van der Waals surface area contributed by atoms with Gasteiger partial charge in [-0.1, -0.05) is 20.3 Å². The molecule has 0 rings (SSSR count). The molecule has 4 nitrogen and oxygen atoms in total. The second-order valence-electron chi connectivity index (χ2n) is 6.20. The number of carbonyl (C=O) groups is 1. The largest absolute Gasteiger partial charge is 0.465 e. The predicted octanol–water partition coefficient (Wildman–Crippen LogP) is 3.21. The molecule has 1 N–H and O–H groups in total. The summed E-state index contributed by atoms with van der Waals surface area (Å²) in [4.78, 5) is 14.7. The van der Waals surface area contributed by atoms with E-state index in [1.165, 1.54) is 12.8 Å². The van der Waals surface area contributed by atoms with Crippen molar-refractivity contribution in [1.82, 2.24) is 10.2 Å². The molecule has 21 heavy (non-hydrogen) atoms. The van der Waals surface area contributed by atoms with Crippen LogP contribution in [0.5, 0.6) is 0 Å². The Bertz CT molecular complexity index is 297. The van der Waals surface area contributed by atoms with E-state index in [0.29, 0.717) is 18.7 Å². The van der Waals surface area contributed by atoms with Crippen molar-refractivity contribution in [3.8, 4) is 0 Å². The van der Waals surface area contributed by atoms with Crippen LogP contribution in [0.4, 0.5) is 0 Å². The van der Waals surface area contributed by atoms with Gasteiger partial charge in [-0.25, -0.2) is 0 Å². The van der Waals surface area contributed by atoms with Crippen LogP contribution >= 0.6 is 0 Å². The van der Waals surface area contributed by atoms with Crippen LogP contribution in [0, 0.1) is 0 Å². The molecule has 3 atom stereocenters. The first-order chi connectivity index (χ1) is 9.86. The van der Waals surface area contributed by atoms with E-state index >= 15 is 0 Å². The van der Waals surface area contributed by atoms with Crippen LogP contribution in [-0.4, -0.2) is 48.7 Å². The third kappa shape index (κ3) is 6.35. The Hall–Kier alpha value is -0.610. The van der Waals surface area contributed by atoms with Crippen molar-refractivity contribution in [3.05, 3.63) is 0 Å². The minimum absolute atomic E-state index is 0.154. The van der Waals surface area contributed by atoms with Crippen molar-refractivity contribution in [2.24, 2.45) is 0 Å². The molecule has 0 aliphatic heterocycles. The number of unbranched alkanes of at least 4 members (excludes halogenated alkanes) is 1. The number of nitrogens with one attached hydrogen (secondary N) is 1. The van der Waals surface area contributed by atoms with Crippen LogP contribution in [0.15, 0.2) is 0 Å². The van der Waals surface area contributed by atoms with Gasteiger partial charge in [0.2, 0.25) is 0 Å². The molecule has 0 fully saturated rings. The Morgan fingerprint density at radius 1 is 1.24 bits per heavy atom. The first kappa shape index (κ1) is 20.4. The van der Waals surface area contributed by atoms with Crippen LogP contribution in [0.1, 0.15) is 67.2 Å². The van der Waals surface area contributed by atoms with Gasteiger partial charge >= 0.3 is 5.97 Å². The van der Waals surface area contributed by atoms with Gasteiger partial charge in [0.05, 0.1) is 6.61 Å². The van der Waals surface area contributed by atoms with Crippen molar-refractivity contribution in [2.45, 2.75) is 84.8 Å². The highest BCUT2D eigenvalue weighted by Gasteiger charge is 2.36. The van der Waals surface area contributed by atoms with Crippen molar-refractivity contribution in [1.29, 1.82) is 0 Å². The molecule has 4 heteroatoms. The number of ether oxygens (including phenoxy) is 1. The zero-order chi connectivity index (χ0) is 16.5. The highest BCUT2D eigenvalue weighted by Crippen LogP contribution is 2.21. The molecule has 0 amide bonds. The van der Waals surface area contributed by atoms with Crippen molar-refractivity contribution in [3.63, 3.8) is 0 Å². The third-order valence-electron chi connectivity index (χ3n) is 4.47. The molecule has 3 unspecified atom stereocenters. The van der Waals surface area contributed by atoms with Crippen molar-refractivity contribution >= 4 is 5.97 Å². The number of hydrogen-bond donors (Lipinski definition) is 1. The molecule has 0 aromatic heterocycles. The SMILES string of the molecule is CCCCN(C(C)CC)C(C)CC(C)(NC)C(=O)OCC. The van der Waals surface area contributed by atoms with Crippen LogP contribution in [0.25, 0.3) is 0 Å². The number of hydrogen-bond acceptors (Lipinski definition) is 4. The van der Waals surface area contributed by atoms with Crippen LogP contribution in [-0.2, 0) is 9.53 Å². The monoisotopic (exact) mass is 300 g/mol. The molecule has 0 radical (unpaired) electrons. The number of nitrogens with zero attached hydrogens (tertiary/aromatic N) is 1. The minimum atomic E-state index is -0.618. The smallest absolute Gasteiger partial charge is 0.326 e. The fourth-order valence-electron chi connectivity index (χ4n) is 2.74. The highest BCUT2D eigenvalue weighted by molar-refractivity contribution is 5.80. The van der Waals surface area contributed by atoms with E-state index in [4.69, 9.17) is 4.74 Å². The number of carbonyl (C=O) groups excluding carboxylic acids is 1. The summed E-state index contributed by atoms with van der Waals surface area (Å²) in [5.41, 5.74) is -0.618. The molecular weight excluding hydrogens is 264 g/mol. The average molecular weight is 300 g/mol. The second kappa shape index (κ2) is 10.2. The Kier molecular flexibility index (Phi) is 9.88. The van der Waals surface area contributed by atoms with E-state index in [1.54, 1.807) is 0 Å². The maximum Gasteiger partial charge on any atom is 0.326 e. The van der Waals surface area contributed by atoms with Crippen LogP contribution < -0.4 is 5.32 Å². The molecule has 0 aliphatic rings. The summed E-state index contributed by atoms with van der Waals surface area (Å²) in [6.45, 7) is 14.2. The summed E-state index contributed by atoms with van der Waals surface area (Å²) in [7, 11) is 1.84. The lowest BCUT2D eigenvalue weighted by molar-refractivity contribution is -0.151. The van der Waals surface area contributed by atoms with Crippen LogP contribution in [0.3, 0.4) is 0 Å². The van der Waals surface area contributed by atoms with Crippen molar-refractivity contribution < 1.29 is 9.53 Å². The quantitative estimate of drug-likeness (QED) is 0.595. The maximum absolute atomic E-state index is 12.2. The van der Waals surface area contributed by atoms with Gasteiger partial charge in [-0.2, -0.15) is 0 Å². The Morgan fingerprint density at radius 3 is 2.29 bits per heavy atom. The van der Waals surface area contributed by atoms with Crippen molar-refractivity contribution in [2.75, 3.05) is 20.2 Å². The number of esters is 1. The summed E-state index contributed by atoms with van der Waals surface area (Å²) in [6, 6.07) is 0.878. The molecule has 126 valence electrons. The van der Waals surface area contributed by atoms with E-state index in [-0.39, 0.29) is 5.97 Å². The lowest BCUT2D eigenvalue weighted by Crippen LogP contribution is -2.54. The molecule has 0 aromatic carbocycles. The molecule has 0 saturated heterocycles. The summed E-state index contributed by atoms with van der Waals surface area (Å²) >= 11 is 0. The van der Waals surface area contributed by atoms with Gasteiger partial charge < -0.3 is 10.1 Å². The lowest BCUT2D eigenvalue weighted by Gasteiger charge is -2.38. The molecule has 0 bridgehead atoms. The summed E-state index contributed by atoms with van der Waals surface area (Å²) in [5, 5.41) is 3.16. The minimum Gasteiger partial charge on any atom is -0.465 e. The Balaban J connectivity index is 4.90. The third-order valence-corrected chi connectivity index (χ3v) is 4.47. The fourth-order valence-corrected chi connectivity index (χ4v) is 2.74. The first-order valence-electron chi connectivity index (χ1n) is 8.48. The lowest BCUT2D eigenvalue weighted by atomic mass is 9.92. The Morgan fingerprint density at radius 2 is 1.86 bits per heavy atom. The molecule has 0 saturated carbocycles. The summed E-state index contributed by atoms with van der Waals surface area (Å²) in [5.74, 6) is -0.154. The van der Waals surface area contributed by atoms with E-state index in [1.807, 2.05) is 20.9 Å². The topological polar surface area (TPSA) is 41.6 Å². The van der Waals surface area contributed by atoms with Crippen LogP contribution in [0.2, 0.25) is 0 Å². The zero-order valence-corrected chi connectivity index (χ0v) is 15.2. The van der Waals surface area contributed by atoms with Gasteiger partial charge in [-0.15, -0.1) is 0 Å². The molecule has 0 heterocycles. The zero-order valence-electron chi connectivity index (χ0n) is 15.2. The predicted molar refractivity (Wildman–Crippen MR) is 89.5 cm³/mol. The van der Waals surface area contributed by atoms with Gasteiger partial charge in [-0.05, 0) is 60.5 Å². The van der Waals surface area contributed by atoms with Gasteiger partial charge in [-0.3, -0.25) is 9.69 Å².